The summed E-state index contributed by atoms with van der Waals surface area (Å²) >= 11 is 17.1. The molecule has 5 heteroatoms. The fraction of sp³-hybridized carbons (Fsp3) is 0.200. The van der Waals surface area contributed by atoms with E-state index in [4.69, 9.17) is 27.6 Å². The van der Waals surface area contributed by atoms with Crippen molar-refractivity contribution in [3.05, 3.63) is 43.4 Å². The molecule has 2 rings (SSSR count). The number of rotatable bonds is 2. The van der Waals surface area contributed by atoms with Crippen LogP contribution in [0, 0.1) is 6.92 Å². The van der Waals surface area contributed by atoms with Gasteiger partial charge in [-0.05, 0) is 35.0 Å². The van der Waals surface area contributed by atoms with Crippen molar-refractivity contribution >= 4 is 50.5 Å². The molecule has 2 heterocycles. The van der Waals surface area contributed by atoms with Crippen LogP contribution in [0.5, 0.6) is 0 Å². The van der Waals surface area contributed by atoms with Gasteiger partial charge in [-0.3, -0.25) is 0 Å². The number of alkyl halides is 1. The molecule has 0 aliphatic carbocycles. The Labute approximate surface area is 110 Å². The first-order chi connectivity index (χ1) is 7.08. The van der Waals surface area contributed by atoms with Crippen LogP contribution in [-0.2, 0) is 0 Å². The molecule has 0 spiro atoms. The third-order valence-corrected chi connectivity index (χ3v) is 5.11. The first-order valence-corrected chi connectivity index (χ1v) is 6.64. The van der Waals surface area contributed by atoms with Gasteiger partial charge >= 0.3 is 0 Å². The highest BCUT2D eigenvalue weighted by Crippen LogP contribution is 2.40. The third-order valence-electron chi connectivity index (χ3n) is 1.96. The molecule has 0 aromatic carbocycles. The monoisotopic (exact) mass is 324 g/mol. The van der Waals surface area contributed by atoms with E-state index in [1.54, 1.807) is 6.26 Å². The number of furan rings is 1. The topological polar surface area (TPSA) is 13.1 Å². The zero-order chi connectivity index (χ0) is 11.0. The molecule has 0 radical (unpaired) electrons. The minimum Gasteiger partial charge on any atom is -0.469 e. The quantitative estimate of drug-likeness (QED) is 0.674. The van der Waals surface area contributed by atoms with Gasteiger partial charge in [0.25, 0.3) is 0 Å². The van der Waals surface area contributed by atoms with Crippen LogP contribution in [0.1, 0.15) is 21.6 Å². The second kappa shape index (κ2) is 4.50. The predicted octanol–water partition coefficient (Wildman–Crippen LogP) is 5.39. The van der Waals surface area contributed by atoms with E-state index in [-0.39, 0.29) is 5.38 Å². The lowest BCUT2D eigenvalue weighted by atomic mass is 10.2. The summed E-state index contributed by atoms with van der Waals surface area (Å²) in [6.07, 6.45) is 1.68. The Bertz CT molecular complexity index is 458. The molecule has 80 valence electrons. The Hall–Kier alpha value is 0.0400. The van der Waals surface area contributed by atoms with Crippen LogP contribution in [0.2, 0.25) is 4.34 Å². The van der Waals surface area contributed by atoms with Gasteiger partial charge in [-0.15, -0.1) is 22.9 Å². The predicted molar refractivity (Wildman–Crippen MR) is 68.2 cm³/mol. The summed E-state index contributed by atoms with van der Waals surface area (Å²) in [5.41, 5.74) is 0.958. The number of hydrogen-bond donors (Lipinski definition) is 0. The van der Waals surface area contributed by atoms with Crippen LogP contribution in [0.3, 0.4) is 0 Å². The Morgan fingerprint density at radius 1 is 1.47 bits per heavy atom. The van der Waals surface area contributed by atoms with Crippen molar-refractivity contribution in [2.24, 2.45) is 0 Å². The van der Waals surface area contributed by atoms with Gasteiger partial charge in [-0.2, -0.15) is 0 Å². The second-order valence-electron chi connectivity index (χ2n) is 3.12. The standard InChI is InChI=1S/C10H7BrCl2OS/c1-5-2-6(4-14-5)9(12)8-3-7(11)10(13)15-8/h2-4,9H,1H3. The molecular weight excluding hydrogens is 319 g/mol. The molecular formula is C10H7BrCl2OS. The summed E-state index contributed by atoms with van der Waals surface area (Å²) in [7, 11) is 0. The number of aryl methyl sites for hydroxylation is 1. The van der Waals surface area contributed by atoms with Crippen LogP contribution >= 0.6 is 50.5 Å². The summed E-state index contributed by atoms with van der Waals surface area (Å²) in [4.78, 5) is 1.01. The molecule has 1 nitrogen and oxygen atoms in total. The smallest absolute Gasteiger partial charge is 0.107 e. The SMILES string of the molecule is Cc1cc(C(Cl)c2cc(Br)c(Cl)s2)co1. The van der Waals surface area contributed by atoms with Gasteiger partial charge in [0, 0.05) is 14.9 Å². The molecule has 1 unspecified atom stereocenters. The average molecular weight is 326 g/mol. The summed E-state index contributed by atoms with van der Waals surface area (Å²) in [6.45, 7) is 1.89. The lowest BCUT2D eigenvalue weighted by molar-refractivity contribution is 0.532. The van der Waals surface area contributed by atoms with E-state index >= 15 is 0 Å². The van der Waals surface area contributed by atoms with Crippen molar-refractivity contribution < 1.29 is 4.42 Å². The number of halogens is 3. The first-order valence-electron chi connectivity index (χ1n) is 4.21. The highest BCUT2D eigenvalue weighted by atomic mass is 79.9. The van der Waals surface area contributed by atoms with E-state index in [2.05, 4.69) is 15.9 Å². The molecule has 15 heavy (non-hydrogen) atoms. The molecule has 0 bridgehead atoms. The summed E-state index contributed by atoms with van der Waals surface area (Å²) in [5, 5.41) is -0.198. The fourth-order valence-electron chi connectivity index (χ4n) is 1.25. The molecule has 0 amide bonds. The van der Waals surface area contributed by atoms with E-state index in [0.29, 0.717) is 0 Å². The molecule has 0 saturated carbocycles. The number of hydrogen-bond acceptors (Lipinski definition) is 2. The van der Waals surface area contributed by atoms with Crippen molar-refractivity contribution in [2.45, 2.75) is 12.3 Å². The minimum atomic E-state index is -0.198. The highest BCUT2D eigenvalue weighted by Gasteiger charge is 2.17. The van der Waals surface area contributed by atoms with Crippen LogP contribution in [0.4, 0.5) is 0 Å². The van der Waals surface area contributed by atoms with Crippen LogP contribution < -0.4 is 0 Å². The largest absolute Gasteiger partial charge is 0.469 e. The molecule has 0 aliphatic heterocycles. The molecule has 1 atom stereocenters. The van der Waals surface area contributed by atoms with Gasteiger partial charge in [0.15, 0.2) is 0 Å². The van der Waals surface area contributed by atoms with Crippen molar-refractivity contribution in [3.8, 4) is 0 Å². The maximum Gasteiger partial charge on any atom is 0.107 e. The van der Waals surface area contributed by atoms with Crippen LogP contribution in [-0.4, -0.2) is 0 Å². The molecule has 0 saturated heterocycles. The van der Waals surface area contributed by atoms with Crippen LogP contribution in [0.15, 0.2) is 27.3 Å². The van der Waals surface area contributed by atoms with Gasteiger partial charge in [-0.1, -0.05) is 11.6 Å². The lowest BCUT2D eigenvalue weighted by Gasteiger charge is -2.01. The molecule has 0 fully saturated rings. The van der Waals surface area contributed by atoms with E-state index in [0.717, 1.165) is 25.0 Å². The van der Waals surface area contributed by atoms with Crippen molar-refractivity contribution in [1.29, 1.82) is 0 Å². The van der Waals surface area contributed by atoms with Crippen LogP contribution in [0.25, 0.3) is 0 Å². The van der Waals surface area contributed by atoms with Gasteiger partial charge in [-0.25, -0.2) is 0 Å². The van der Waals surface area contributed by atoms with E-state index in [9.17, 15) is 0 Å². The molecule has 2 aromatic rings. The summed E-state index contributed by atoms with van der Waals surface area (Å²) < 4.78 is 6.82. The zero-order valence-electron chi connectivity index (χ0n) is 7.76. The second-order valence-corrected chi connectivity index (χ2v) is 6.10. The number of thiophene rings is 1. The first kappa shape index (κ1) is 11.5. The maximum atomic E-state index is 6.30. The average Bonchev–Trinajstić information content (AvgIpc) is 2.74. The summed E-state index contributed by atoms with van der Waals surface area (Å²) in [5.74, 6) is 0.859. The Balaban J connectivity index is 2.31. The highest BCUT2D eigenvalue weighted by molar-refractivity contribution is 9.10. The maximum absolute atomic E-state index is 6.30. The van der Waals surface area contributed by atoms with Crippen molar-refractivity contribution in [1.82, 2.24) is 0 Å². The Kier molecular flexibility index (Phi) is 3.45. The van der Waals surface area contributed by atoms with Gasteiger partial charge in [0.05, 0.1) is 11.6 Å². The van der Waals surface area contributed by atoms with Gasteiger partial charge in [0.2, 0.25) is 0 Å². The molecule has 0 aliphatic rings. The normalized spacial score (nSPS) is 13.1. The summed E-state index contributed by atoms with van der Waals surface area (Å²) in [6, 6.07) is 3.87. The van der Waals surface area contributed by atoms with Gasteiger partial charge in [0.1, 0.15) is 10.1 Å². The van der Waals surface area contributed by atoms with E-state index in [1.165, 1.54) is 11.3 Å². The van der Waals surface area contributed by atoms with E-state index < -0.39 is 0 Å². The lowest BCUT2D eigenvalue weighted by Crippen LogP contribution is -1.85. The molecule has 2 aromatic heterocycles. The van der Waals surface area contributed by atoms with E-state index in [1.807, 2.05) is 19.1 Å². The zero-order valence-corrected chi connectivity index (χ0v) is 11.7. The minimum absolute atomic E-state index is 0.198. The molecule has 0 N–H and O–H groups in total. The Morgan fingerprint density at radius 3 is 2.67 bits per heavy atom. The van der Waals surface area contributed by atoms with Gasteiger partial charge < -0.3 is 4.42 Å². The van der Waals surface area contributed by atoms with Crippen molar-refractivity contribution in [2.75, 3.05) is 0 Å². The third kappa shape index (κ3) is 2.41. The fourth-order valence-corrected chi connectivity index (χ4v) is 3.30. The Morgan fingerprint density at radius 2 is 2.20 bits per heavy atom. The van der Waals surface area contributed by atoms with Crippen molar-refractivity contribution in [3.63, 3.8) is 0 Å².